The van der Waals surface area contributed by atoms with Crippen LogP contribution in [0.25, 0.3) is 5.69 Å². The highest BCUT2D eigenvalue weighted by Crippen LogP contribution is 2.22. The quantitative estimate of drug-likeness (QED) is 0.744. The summed E-state index contributed by atoms with van der Waals surface area (Å²) in [6.07, 6.45) is 2.01. The van der Waals surface area contributed by atoms with Crippen molar-refractivity contribution < 1.29 is 0 Å². The van der Waals surface area contributed by atoms with Crippen LogP contribution in [0.5, 0.6) is 0 Å². The number of aromatic nitrogens is 3. The van der Waals surface area contributed by atoms with Crippen molar-refractivity contribution >= 4 is 22.6 Å². The van der Waals surface area contributed by atoms with Gasteiger partial charge in [-0.05, 0) is 47.2 Å². The van der Waals surface area contributed by atoms with Crippen LogP contribution in [-0.4, -0.2) is 15.0 Å². The molecular formula is C13H16IN3. The van der Waals surface area contributed by atoms with Crippen LogP contribution in [0, 0.1) is 10.5 Å². The Morgan fingerprint density at radius 1 is 1.24 bits per heavy atom. The smallest absolute Gasteiger partial charge is 0.0885 e. The summed E-state index contributed by atoms with van der Waals surface area (Å²) in [4.78, 5) is 0. The fraction of sp³-hybridized carbons (Fsp3) is 0.385. The van der Waals surface area contributed by atoms with Crippen molar-refractivity contribution in [3.05, 3.63) is 39.2 Å². The van der Waals surface area contributed by atoms with E-state index >= 15 is 0 Å². The van der Waals surface area contributed by atoms with Gasteiger partial charge >= 0.3 is 0 Å². The molecule has 2 rings (SSSR count). The van der Waals surface area contributed by atoms with E-state index in [0.29, 0.717) is 0 Å². The van der Waals surface area contributed by atoms with E-state index in [0.717, 1.165) is 11.4 Å². The van der Waals surface area contributed by atoms with Crippen LogP contribution in [0.4, 0.5) is 0 Å². The molecule has 0 fully saturated rings. The number of hydrogen-bond acceptors (Lipinski definition) is 2. The highest BCUT2D eigenvalue weighted by atomic mass is 127. The number of benzene rings is 1. The van der Waals surface area contributed by atoms with E-state index in [-0.39, 0.29) is 5.41 Å². The number of aryl methyl sites for hydroxylation is 1. The summed E-state index contributed by atoms with van der Waals surface area (Å²) < 4.78 is 3.04. The molecule has 0 aliphatic heterocycles. The lowest BCUT2D eigenvalue weighted by Crippen LogP contribution is -2.11. The Bertz CT molecular complexity index is 538. The second-order valence-electron chi connectivity index (χ2n) is 5.25. The van der Waals surface area contributed by atoms with Gasteiger partial charge < -0.3 is 0 Å². The molecule has 17 heavy (non-hydrogen) atoms. The Morgan fingerprint density at radius 3 is 2.53 bits per heavy atom. The van der Waals surface area contributed by atoms with Crippen LogP contribution in [0.3, 0.4) is 0 Å². The molecule has 90 valence electrons. The largest absolute Gasteiger partial charge is 0.219 e. The minimum absolute atomic E-state index is 0.0352. The predicted molar refractivity (Wildman–Crippen MR) is 77.5 cm³/mol. The fourth-order valence-corrected chi connectivity index (χ4v) is 2.11. The molecule has 0 amide bonds. The van der Waals surface area contributed by atoms with Crippen molar-refractivity contribution in [1.29, 1.82) is 0 Å². The number of nitrogens with zero attached hydrogens (tertiary/aromatic N) is 3. The second kappa shape index (κ2) is 4.40. The molecular weight excluding hydrogens is 325 g/mol. The summed E-state index contributed by atoms with van der Waals surface area (Å²) in [6.45, 7) is 8.51. The van der Waals surface area contributed by atoms with Crippen LogP contribution < -0.4 is 0 Å². The van der Waals surface area contributed by atoms with Crippen molar-refractivity contribution in [3.8, 4) is 5.69 Å². The van der Waals surface area contributed by atoms with Crippen LogP contribution in [-0.2, 0) is 5.41 Å². The molecule has 0 aliphatic carbocycles. The molecule has 1 aromatic heterocycles. The molecule has 0 radical (unpaired) electrons. The van der Waals surface area contributed by atoms with Crippen LogP contribution in [0.2, 0.25) is 0 Å². The van der Waals surface area contributed by atoms with Gasteiger partial charge in [0.15, 0.2) is 0 Å². The third-order valence-corrected chi connectivity index (χ3v) is 3.52. The Labute approximate surface area is 115 Å². The zero-order valence-electron chi connectivity index (χ0n) is 10.5. The van der Waals surface area contributed by atoms with Crippen LogP contribution in [0.1, 0.15) is 32.0 Å². The Balaban J connectivity index is 2.47. The third kappa shape index (κ3) is 2.68. The Kier molecular flexibility index (Phi) is 3.25. The minimum atomic E-state index is 0.0352. The standard InChI is InChI=1S/C13H16IN3/c1-9-5-6-10(14)11(7-9)17-8-12(15-16-17)13(2,3)4/h5-8H,1-4H3. The molecule has 0 unspecified atom stereocenters. The van der Waals surface area contributed by atoms with E-state index in [1.54, 1.807) is 0 Å². The molecule has 0 aliphatic rings. The van der Waals surface area contributed by atoms with E-state index in [2.05, 4.69) is 78.8 Å². The predicted octanol–water partition coefficient (Wildman–Crippen LogP) is 3.48. The van der Waals surface area contributed by atoms with Gasteiger partial charge in [0.2, 0.25) is 0 Å². The lowest BCUT2D eigenvalue weighted by molar-refractivity contribution is 0.566. The van der Waals surface area contributed by atoms with Gasteiger partial charge in [0.05, 0.1) is 17.6 Å². The number of halogens is 1. The average Bonchev–Trinajstić information content (AvgIpc) is 2.70. The SMILES string of the molecule is Cc1ccc(I)c(-n2cc(C(C)(C)C)nn2)c1. The van der Waals surface area contributed by atoms with E-state index in [1.165, 1.54) is 9.13 Å². The van der Waals surface area contributed by atoms with Crippen molar-refractivity contribution in [2.24, 2.45) is 0 Å². The van der Waals surface area contributed by atoms with Crippen molar-refractivity contribution in [3.63, 3.8) is 0 Å². The highest BCUT2D eigenvalue weighted by molar-refractivity contribution is 14.1. The lowest BCUT2D eigenvalue weighted by Gasteiger charge is -2.13. The molecule has 2 aromatic rings. The summed E-state index contributed by atoms with van der Waals surface area (Å²) in [7, 11) is 0. The number of rotatable bonds is 1. The first-order valence-electron chi connectivity index (χ1n) is 5.57. The molecule has 3 nitrogen and oxygen atoms in total. The minimum Gasteiger partial charge on any atom is -0.219 e. The van der Waals surface area contributed by atoms with Crippen molar-refractivity contribution in [2.45, 2.75) is 33.1 Å². The summed E-state index contributed by atoms with van der Waals surface area (Å²) >= 11 is 2.32. The van der Waals surface area contributed by atoms with Crippen LogP contribution >= 0.6 is 22.6 Å². The molecule has 4 heteroatoms. The van der Waals surface area contributed by atoms with Crippen molar-refractivity contribution in [1.82, 2.24) is 15.0 Å². The summed E-state index contributed by atoms with van der Waals surface area (Å²) in [5.41, 5.74) is 3.37. The van der Waals surface area contributed by atoms with Gasteiger partial charge in [-0.25, -0.2) is 4.68 Å². The van der Waals surface area contributed by atoms with E-state index in [1.807, 2.05) is 10.9 Å². The zero-order valence-corrected chi connectivity index (χ0v) is 12.7. The average molecular weight is 341 g/mol. The molecule has 0 N–H and O–H groups in total. The van der Waals surface area contributed by atoms with E-state index in [4.69, 9.17) is 0 Å². The summed E-state index contributed by atoms with van der Waals surface area (Å²) in [5.74, 6) is 0. The molecule has 1 heterocycles. The van der Waals surface area contributed by atoms with E-state index in [9.17, 15) is 0 Å². The number of hydrogen-bond donors (Lipinski definition) is 0. The summed E-state index contributed by atoms with van der Waals surface area (Å²) in [6, 6.07) is 6.33. The fourth-order valence-electron chi connectivity index (χ4n) is 1.52. The van der Waals surface area contributed by atoms with Crippen LogP contribution in [0.15, 0.2) is 24.4 Å². The zero-order chi connectivity index (χ0) is 12.6. The van der Waals surface area contributed by atoms with E-state index < -0.39 is 0 Å². The van der Waals surface area contributed by atoms with Crippen molar-refractivity contribution in [2.75, 3.05) is 0 Å². The first-order chi connectivity index (χ1) is 7.88. The monoisotopic (exact) mass is 341 g/mol. The first-order valence-corrected chi connectivity index (χ1v) is 6.65. The lowest BCUT2D eigenvalue weighted by atomic mass is 9.93. The molecule has 0 saturated heterocycles. The maximum absolute atomic E-state index is 4.24. The van der Waals surface area contributed by atoms with Gasteiger partial charge in [-0.15, -0.1) is 5.10 Å². The van der Waals surface area contributed by atoms with Gasteiger partial charge in [0.25, 0.3) is 0 Å². The summed E-state index contributed by atoms with van der Waals surface area (Å²) in [5, 5.41) is 8.46. The normalized spacial score (nSPS) is 11.8. The molecule has 0 spiro atoms. The van der Waals surface area contributed by atoms with Gasteiger partial charge in [-0.2, -0.15) is 0 Å². The maximum Gasteiger partial charge on any atom is 0.0885 e. The molecule has 0 atom stereocenters. The first kappa shape index (κ1) is 12.5. The van der Waals surface area contributed by atoms with Gasteiger partial charge in [0, 0.05) is 8.99 Å². The second-order valence-corrected chi connectivity index (χ2v) is 6.42. The van der Waals surface area contributed by atoms with Gasteiger partial charge in [-0.1, -0.05) is 32.1 Å². The maximum atomic E-state index is 4.24. The molecule has 0 bridgehead atoms. The topological polar surface area (TPSA) is 30.7 Å². The molecule has 1 aromatic carbocycles. The Hall–Kier alpha value is -0.910. The highest BCUT2D eigenvalue weighted by Gasteiger charge is 2.18. The van der Waals surface area contributed by atoms with Gasteiger partial charge in [-0.3, -0.25) is 0 Å². The molecule has 0 saturated carbocycles. The Morgan fingerprint density at radius 2 is 1.94 bits per heavy atom. The third-order valence-electron chi connectivity index (χ3n) is 2.61. The van der Waals surface area contributed by atoms with Gasteiger partial charge in [0.1, 0.15) is 0 Å².